The second-order valence-electron chi connectivity index (χ2n) is 4.19. The first-order valence-corrected chi connectivity index (χ1v) is 5.57. The highest BCUT2D eigenvalue weighted by molar-refractivity contribution is 5.48. The number of nitrogens with zero attached hydrogens (tertiary/aromatic N) is 1. The summed E-state index contributed by atoms with van der Waals surface area (Å²) in [6.45, 7) is 1.91. The van der Waals surface area contributed by atoms with Crippen molar-refractivity contribution < 1.29 is 8.78 Å². The van der Waals surface area contributed by atoms with Gasteiger partial charge >= 0.3 is 0 Å². The lowest BCUT2D eigenvalue weighted by Crippen LogP contribution is -2.41. The Bertz CT molecular complexity index is 362. The molecule has 2 rings (SSSR count). The molecule has 4 heteroatoms. The van der Waals surface area contributed by atoms with Crippen LogP contribution in [0.3, 0.4) is 0 Å². The summed E-state index contributed by atoms with van der Waals surface area (Å²) in [5, 5.41) is 3.26. The Hall–Kier alpha value is -1.16. The molecule has 0 spiro atoms. The van der Waals surface area contributed by atoms with E-state index in [1.807, 2.05) is 11.9 Å². The first kappa shape index (κ1) is 11.3. The molecule has 1 heterocycles. The summed E-state index contributed by atoms with van der Waals surface area (Å²) in [7, 11) is 1.87. The summed E-state index contributed by atoms with van der Waals surface area (Å²) in [5.41, 5.74) is 0.480. The highest BCUT2D eigenvalue weighted by Crippen LogP contribution is 2.23. The SMILES string of the molecule is CN(c1ccc(F)cc1F)C1CCNCC1. The van der Waals surface area contributed by atoms with Crippen molar-refractivity contribution in [2.75, 3.05) is 25.0 Å². The molecule has 1 saturated heterocycles. The van der Waals surface area contributed by atoms with Crippen LogP contribution in [0.4, 0.5) is 14.5 Å². The molecule has 0 aliphatic carbocycles. The van der Waals surface area contributed by atoms with Crippen molar-refractivity contribution in [3.8, 4) is 0 Å². The lowest BCUT2D eigenvalue weighted by Gasteiger charge is -2.33. The molecule has 0 bridgehead atoms. The molecular weight excluding hydrogens is 210 g/mol. The normalized spacial score (nSPS) is 17.4. The number of hydrogen-bond donors (Lipinski definition) is 1. The van der Waals surface area contributed by atoms with Gasteiger partial charge in [0.2, 0.25) is 0 Å². The van der Waals surface area contributed by atoms with E-state index in [4.69, 9.17) is 0 Å². The number of nitrogens with one attached hydrogen (secondary N) is 1. The number of anilines is 1. The average Bonchev–Trinajstić information content (AvgIpc) is 2.29. The number of benzene rings is 1. The molecule has 0 radical (unpaired) electrons. The van der Waals surface area contributed by atoms with Crippen molar-refractivity contribution >= 4 is 5.69 Å². The summed E-state index contributed by atoms with van der Waals surface area (Å²) in [5.74, 6) is -1.01. The van der Waals surface area contributed by atoms with Crippen molar-refractivity contribution in [1.29, 1.82) is 0 Å². The van der Waals surface area contributed by atoms with Crippen LogP contribution < -0.4 is 10.2 Å². The van der Waals surface area contributed by atoms with E-state index in [2.05, 4.69) is 5.32 Å². The minimum atomic E-state index is -0.528. The topological polar surface area (TPSA) is 15.3 Å². The van der Waals surface area contributed by atoms with Crippen LogP contribution in [0.2, 0.25) is 0 Å². The first-order chi connectivity index (χ1) is 7.68. The van der Waals surface area contributed by atoms with Gasteiger partial charge in [0.1, 0.15) is 11.6 Å². The van der Waals surface area contributed by atoms with Crippen molar-refractivity contribution in [2.45, 2.75) is 18.9 Å². The van der Waals surface area contributed by atoms with Crippen LogP contribution in [0.1, 0.15) is 12.8 Å². The molecule has 16 heavy (non-hydrogen) atoms. The minimum absolute atomic E-state index is 0.334. The fourth-order valence-corrected chi connectivity index (χ4v) is 2.16. The molecule has 1 N–H and O–H groups in total. The Labute approximate surface area is 94.3 Å². The lowest BCUT2D eigenvalue weighted by molar-refractivity contribution is 0.439. The second-order valence-corrected chi connectivity index (χ2v) is 4.19. The van der Waals surface area contributed by atoms with Gasteiger partial charge < -0.3 is 10.2 Å². The van der Waals surface area contributed by atoms with Gasteiger partial charge in [0.15, 0.2) is 0 Å². The molecule has 1 aliphatic heterocycles. The van der Waals surface area contributed by atoms with Crippen LogP contribution in [-0.4, -0.2) is 26.2 Å². The van der Waals surface area contributed by atoms with E-state index >= 15 is 0 Å². The Morgan fingerprint density at radius 3 is 2.56 bits per heavy atom. The standard InChI is InChI=1S/C12H16F2N2/c1-16(10-4-6-15-7-5-10)12-3-2-9(13)8-11(12)14/h2-3,8,10,15H,4-7H2,1H3. The monoisotopic (exact) mass is 226 g/mol. The number of hydrogen-bond acceptors (Lipinski definition) is 2. The fourth-order valence-electron chi connectivity index (χ4n) is 2.16. The molecule has 2 nitrogen and oxygen atoms in total. The van der Waals surface area contributed by atoms with E-state index in [1.54, 1.807) is 0 Å². The van der Waals surface area contributed by atoms with Gasteiger partial charge in [0.25, 0.3) is 0 Å². The Morgan fingerprint density at radius 1 is 1.25 bits per heavy atom. The Balaban J connectivity index is 2.15. The summed E-state index contributed by atoms with van der Waals surface area (Å²) < 4.78 is 26.3. The zero-order valence-electron chi connectivity index (χ0n) is 9.34. The quantitative estimate of drug-likeness (QED) is 0.831. The molecule has 1 aliphatic rings. The van der Waals surface area contributed by atoms with Gasteiger partial charge in [-0.1, -0.05) is 0 Å². The smallest absolute Gasteiger partial charge is 0.149 e. The van der Waals surface area contributed by atoms with Gasteiger partial charge in [-0.2, -0.15) is 0 Å². The predicted octanol–water partition coefficient (Wildman–Crippen LogP) is 2.15. The summed E-state index contributed by atoms with van der Waals surface area (Å²) >= 11 is 0. The number of piperidine rings is 1. The highest BCUT2D eigenvalue weighted by Gasteiger charge is 2.20. The van der Waals surface area contributed by atoms with Gasteiger partial charge in [-0.3, -0.25) is 0 Å². The van der Waals surface area contributed by atoms with Crippen molar-refractivity contribution in [3.63, 3.8) is 0 Å². The fraction of sp³-hybridized carbons (Fsp3) is 0.500. The maximum Gasteiger partial charge on any atom is 0.149 e. The van der Waals surface area contributed by atoms with Gasteiger partial charge in [-0.25, -0.2) is 8.78 Å². The van der Waals surface area contributed by atoms with Crippen LogP contribution in [0.15, 0.2) is 18.2 Å². The van der Waals surface area contributed by atoms with Gasteiger partial charge in [-0.15, -0.1) is 0 Å². The van der Waals surface area contributed by atoms with Gasteiger partial charge in [-0.05, 0) is 38.1 Å². The van der Waals surface area contributed by atoms with E-state index in [1.165, 1.54) is 12.1 Å². The number of halogens is 2. The molecule has 1 aromatic rings. The molecular formula is C12H16F2N2. The Morgan fingerprint density at radius 2 is 1.94 bits per heavy atom. The number of rotatable bonds is 2. The van der Waals surface area contributed by atoms with E-state index in [9.17, 15) is 8.78 Å². The summed E-state index contributed by atoms with van der Waals surface area (Å²) in [6.07, 6.45) is 1.99. The summed E-state index contributed by atoms with van der Waals surface area (Å²) in [4.78, 5) is 1.91. The molecule has 0 aromatic heterocycles. The van der Waals surface area contributed by atoms with Crippen LogP contribution in [0, 0.1) is 11.6 Å². The van der Waals surface area contributed by atoms with Crippen LogP contribution in [0.5, 0.6) is 0 Å². The lowest BCUT2D eigenvalue weighted by atomic mass is 10.0. The predicted molar refractivity (Wildman–Crippen MR) is 60.7 cm³/mol. The minimum Gasteiger partial charge on any atom is -0.369 e. The maximum absolute atomic E-state index is 13.6. The third-order valence-electron chi connectivity index (χ3n) is 3.15. The molecule has 0 atom stereocenters. The third kappa shape index (κ3) is 2.32. The van der Waals surface area contributed by atoms with Crippen LogP contribution in [-0.2, 0) is 0 Å². The molecule has 0 unspecified atom stereocenters. The van der Waals surface area contributed by atoms with Crippen LogP contribution >= 0.6 is 0 Å². The summed E-state index contributed by atoms with van der Waals surface area (Å²) in [6, 6.07) is 4.08. The van der Waals surface area contributed by atoms with Crippen molar-refractivity contribution in [2.24, 2.45) is 0 Å². The maximum atomic E-state index is 13.6. The van der Waals surface area contributed by atoms with Crippen LogP contribution in [0.25, 0.3) is 0 Å². The van der Waals surface area contributed by atoms with Gasteiger partial charge in [0.05, 0.1) is 5.69 Å². The second kappa shape index (κ2) is 4.78. The molecule has 1 aromatic carbocycles. The van der Waals surface area contributed by atoms with Crippen molar-refractivity contribution in [1.82, 2.24) is 5.32 Å². The molecule has 1 fully saturated rings. The Kier molecular flexibility index (Phi) is 3.39. The van der Waals surface area contributed by atoms with E-state index in [0.717, 1.165) is 32.0 Å². The van der Waals surface area contributed by atoms with E-state index in [0.29, 0.717) is 11.7 Å². The van der Waals surface area contributed by atoms with E-state index < -0.39 is 11.6 Å². The average molecular weight is 226 g/mol. The molecule has 88 valence electrons. The zero-order chi connectivity index (χ0) is 11.5. The van der Waals surface area contributed by atoms with Gasteiger partial charge in [0, 0.05) is 19.2 Å². The largest absolute Gasteiger partial charge is 0.369 e. The zero-order valence-corrected chi connectivity index (χ0v) is 9.34. The molecule has 0 saturated carbocycles. The first-order valence-electron chi connectivity index (χ1n) is 5.57. The highest BCUT2D eigenvalue weighted by atomic mass is 19.1. The van der Waals surface area contributed by atoms with E-state index in [-0.39, 0.29) is 0 Å². The molecule has 0 amide bonds. The van der Waals surface area contributed by atoms with Crippen molar-refractivity contribution in [3.05, 3.63) is 29.8 Å². The third-order valence-corrected chi connectivity index (χ3v) is 3.15.